The molecule has 5 nitrogen and oxygen atoms in total. The van der Waals surface area contributed by atoms with Crippen molar-refractivity contribution in [2.45, 2.75) is 0 Å². The van der Waals surface area contributed by atoms with Crippen molar-refractivity contribution < 1.29 is 8.83 Å². The van der Waals surface area contributed by atoms with Crippen LogP contribution in [0.25, 0.3) is 103 Å². The zero-order chi connectivity index (χ0) is 29.9. The highest BCUT2D eigenvalue weighted by Crippen LogP contribution is 2.44. The lowest BCUT2D eigenvalue weighted by atomic mass is 10.0. The van der Waals surface area contributed by atoms with Crippen molar-refractivity contribution in [3.63, 3.8) is 0 Å². The number of benzene rings is 6. The van der Waals surface area contributed by atoms with Gasteiger partial charge in [0.1, 0.15) is 16.7 Å². The quantitative estimate of drug-likeness (QED) is 0.196. The Kier molecular flexibility index (Phi) is 4.66. The molecule has 0 radical (unpaired) electrons. The van der Waals surface area contributed by atoms with Crippen LogP contribution >= 0.6 is 11.3 Å². The van der Waals surface area contributed by atoms with Gasteiger partial charge in [-0.2, -0.15) is 4.98 Å². The van der Waals surface area contributed by atoms with Crippen LogP contribution in [0.5, 0.6) is 0 Å². The van der Waals surface area contributed by atoms with E-state index < -0.39 is 0 Å². The summed E-state index contributed by atoms with van der Waals surface area (Å²) in [6.07, 6.45) is 0. The van der Waals surface area contributed by atoms with Gasteiger partial charge in [-0.05, 0) is 48.5 Å². The van der Waals surface area contributed by atoms with Gasteiger partial charge in [0.05, 0.1) is 22.1 Å². The van der Waals surface area contributed by atoms with Gasteiger partial charge in [-0.3, -0.25) is 4.57 Å². The molecule has 6 heteroatoms. The van der Waals surface area contributed by atoms with Crippen molar-refractivity contribution >= 4 is 97.3 Å². The van der Waals surface area contributed by atoms with Gasteiger partial charge < -0.3 is 8.83 Å². The number of thiophene rings is 1. The molecule has 46 heavy (non-hydrogen) atoms. The van der Waals surface area contributed by atoms with Crippen LogP contribution in [0.1, 0.15) is 0 Å². The molecule has 0 saturated heterocycles. The van der Waals surface area contributed by atoms with Gasteiger partial charge in [0.15, 0.2) is 0 Å². The van der Waals surface area contributed by atoms with Crippen LogP contribution in [0.15, 0.2) is 136 Å². The summed E-state index contributed by atoms with van der Waals surface area (Å²) >= 11 is 1.82. The Bertz CT molecular complexity index is 3050. The van der Waals surface area contributed by atoms with Crippen molar-refractivity contribution in [2.75, 3.05) is 0 Å². The molecule has 214 valence electrons. The third-order valence-electron chi connectivity index (χ3n) is 9.25. The van der Waals surface area contributed by atoms with E-state index in [1.54, 1.807) is 0 Å². The van der Waals surface area contributed by atoms with Crippen LogP contribution in [0.3, 0.4) is 0 Å². The molecule has 0 saturated carbocycles. The van der Waals surface area contributed by atoms with Gasteiger partial charge in [0.25, 0.3) is 0 Å². The zero-order valence-corrected chi connectivity index (χ0v) is 25.0. The zero-order valence-electron chi connectivity index (χ0n) is 24.2. The fourth-order valence-corrected chi connectivity index (χ4v) is 8.38. The Morgan fingerprint density at radius 2 is 1.22 bits per heavy atom. The van der Waals surface area contributed by atoms with E-state index in [9.17, 15) is 0 Å². The molecule has 0 N–H and O–H groups in total. The van der Waals surface area contributed by atoms with E-state index in [4.69, 9.17) is 18.8 Å². The minimum atomic E-state index is 0.562. The Morgan fingerprint density at radius 1 is 0.500 bits per heavy atom. The van der Waals surface area contributed by atoms with Crippen molar-refractivity contribution in [3.8, 4) is 17.2 Å². The van der Waals surface area contributed by atoms with Gasteiger partial charge in [-0.15, -0.1) is 11.3 Å². The molecule has 0 atom stereocenters. The van der Waals surface area contributed by atoms with Crippen molar-refractivity contribution in [1.82, 2.24) is 14.5 Å². The smallest absolute Gasteiger partial charge is 0.238 e. The number of nitrogens with zero attached hydrogens (tertiary/aromatic N) is 3. The second-order valence-corrected chi connectivity index (χ2v) is 12.8. The Hall–Kier alpha value is -5.98. The summed E-state index contributed by atoms with van der Waals surface area (Å²) in [5.74, 6) is 0.577. The molecule has 0 spiro atoms. The van der Waals surface area contributed by atoms with Crippen LogP contribution in [0.2, 0.25) is 0 Å². The van der Waals surface area contributed by atoms with Gasteiger partial charge in [-0.1, -0.05) is 78.9 Å². The Morgan fingerprint density at radius 3 is 2.11 bits per heavy atom. The third kappa shape index (κ3) is 3.18. The van der Waals surface area contributed by atoms with E-state index >= 15 is 0 Å². The van der Waals surface area contributed by atoms with Crippen LogP contribution in [0, 0.1) is 0 Å². The highest BCUT2D eigenvalue weighted by atomic mass is 32.1. The fraction of sp³-hybridized carbons (Fsp3) is 0. The fourth-order valence-electron chi connectivity index (χ4n) is 7.27. The van der Waals surface area contributed by atoms with Gasteiger partial charge >= 0.3 is 0 Å². The predicted molar refractivity (Wildman–Crippen MR) is 189 cm³/mol. The van der Waals surface area contributed by atoms with Gasteiger partial charge in [-0.25, -0.2) is 4.98 Å². The SMILES string of the molecule is c1ccc2c(c1)oc1ccc(-c3nc(-n4c5ccccc5c5ccc6sc7ccccc7c6c54)nc4oc5ccccc5c34)cc12. The van der Waals surface area contributed by atoms with E-state index in [1.165, 1.54) is 25.6 Å². The lowest BCUT2D eigenvalue weighted by Gasteiger charge is -2.10. The first kappa shape index (κ1) is 24.4. The molecule has 5 heterocycles. The molecule has 6 aromatic carbocycles. The molecule has 5 aromatic heterocycles. The summed E-state index contributed by atoms with van der Waals surface area (Å²) in [5.41, 5.74) is 7.03. The van der Waals surface area contributed by atoms with E-state index in [1.807, 2.05) is 53.8 Å². The highest BCUT2D eigenvalue weighted by molar-refractivity contribution is 7.26. The number of hydrogen-bond donors (Lipinski definition) is 0. The average molecular weight is 608 g/mol. The summed E-state index contributed by atoms with van der Waals surface area (Å²) in [7, 11) is 0. The summed E-state index contributed by atoms with van der Waals surface area (Å²) in [5, 5.41) is 8.81. The summed E-state index contributed by atoms with van der Waals surface area (Å²) in [6.45, 7) is 0. The van der Waals surface area contributed by atoms with Gasteiger partial charge in [0.2, 0.25) is 11.7 Å². The third-order valence-corrected chi connectivity index (χ3v) is 10.4. The number of furan rings is 2. The molecule has 0 fully saturated rings. The maximum absolute atomic E-state index is 6.48. The lowest BCUT2D eigenvalue weighted by molar-refractivity contribution is 0.651. The molecule has 0 unspecified atom stereocenters. The molecule has 11 rings (SSSR count). The number of fused-ring (bicyclic) bond motifs is 13. The number of aromatic nitrogens is 3. The minimum absolute atomic E-state index is 0.562. The molecule has 0 aliphatic rings. The highest BCUT2D eigenvalue weighted by Gasteiger charge is 2.23. The van der Waals surface area contributed by atoms with E-state index in [0.717, 1.165) is 66.0 Å². The van der Waals surface area contributed by atoms with Crippen molar-refractivity contribution in [1.29, 1.82) is 0 Å². The summed E-state index contributed by atoms with van der Waals surface area (Å²) in [6, 6.07) is 44.2. The maximum atomic E-state index is 6.48. The largest absolute Gasteiger partial charge is 0.456 e. The van der Waals surface area contributed by atoms with Crippen LogP contribution < -0.4 is 0 Å². The van der Waals surface area contributed by atoms with Crippen LogP contribution in [-0.4, -0.2) is 14.5 Å². The van der Waals surface area contributed by atoms with Crippen molar-refractivity contribution in [3.05, 3.63) is 127 Å². The average Bonchev–Trinajstić information content (AvgIpc) is 3.85. The standard InChI is InChI=1S/C40H21N3O2S/c1-5-13-29-23(9-1)25-18-20-34-35(27-12-4-8-16-33(27)46-34)38(25)43(29)40-41-37(36-26-11-3-7-15-31(26)45-39(36)42-40)22-17-19-32-28(21-22)24-10-2-6-14-30(24)44-32/h1-21H. The maximum Gasteiger partial charge on any atom is 0.238 e. The van der Waals surface area contributed by atoms with E-state index in [-0.39, 0.29) is 0 Å². The molecule has 0 amide bonds. The molecule has 0 bridgehead atoms. The second kappa shape index (κ2) is 8.81. The predicted octanol–water partition coefficient (Wildman–Crippen LogP) is 11.4. The number of para-hydroxylation sites is 3. The monoisotopic (exact) mass is 607 g/mol. The first-order chi connectivity index (χ1) is 22.8. The minimum Gasteiger partial charge on any atom is -0.456 e. The van der Waals surface area contributed by atoms with E-state index in [0.29, 0.717) is 11.7 Å². The molecular weight excluding hydrogens is 587 g/mol. The van der Waals surface area contributed by atoms with Crippen molar-refractivity contribution in [2.24, 2.45) is 0 Å². The van der Waals surface area contributed by atoms with Crippen LogP contribution in [0.4, 0.5) is 0 Å². The molecular formula is C40H21N3O2S. The first-order valence-electron chi connectivity index (χ1n) is 15.2. The topological polar surface area (TPSA) is 57.0 Å². The lowest BCUT2D eigenvalue weighted by Crippen LogP contribution is -2.03. The Balaban J connectivity index is 1.31. The number of hydrogen-bond acceptors (Lipinski definition) is 5. The second-order valence-electron chi connectivity index (χ2n) is 11.7. The van der Waals surface area contributed by atoms with Gasteiger partial charge in [0, 0.05) is 52.7 Å². The first-order valence-corrected chi connectivity index (χ1v) is 16.1. The number of rotatable bonds is 2. The molecule has 11 aromatic rings. The summed E-state index contributed by atoms with van der Waals surface area (Å²) < 4.78 is 17.4. The van der Waals surface area contributed by atoms with E-state index in [2.05, 4.69) is 89.5 Å². The summed E-state index contributed by atoms with van der Waals surface area (Å²) in [4.78, 5) is 10.6. The van der Waals surface area contributed by atoms with Crippen LogP contribution in [-0.2, 0) is 0 Å². The normalized spacial score (nSPS) is 12.3. The molecule has 0 aliphatic carbocycles. The molecule has 0 aliphatic heterocycles. The Labute approximate surface area is 264 Å².